The second kappa shape index (κ2) is 6.22. The van der Waals surface area contributed by atoms with Gasteiger partial charge in [0.2, 0.25) is 0 Å². The SMILES string of the molecule is Cc1ccccc1NCCc1nncn1-c1ccccc1. The predicted octanol–water partition coefficient (Wildman–Crippen LogP) is 3.23. The van der Waals surface area contributed by atoms with Gasteiger partial charge in [-0.25, -0.2) is 0 Å². The normalized spacial score (nSPS) is 10.5. The van der Waals surface area contributed by atoms with E-state index in [4.69, 9.17) is 0 Å². The summed E-state index contributed by atoms with van der Waals surface area (Å²) in [6.07, 6.45) is 2.58. The zero-order valence-corrected chi connectivity index (χ0v) is 12.0. The third kappa shape index (κ3) is 3.11. The van der Waals surface area contributed by atoms with E-state index in [0.717, 1.165) is 24.5 Å². The van der Waals surface area contributed by atoms with Crippen molar-refractivity contribution in [3.8, 4) is 5.69 Å². The summed E-state index contributed by atoms with van der Waals surface area (Å²) in [5.74, 6) is 0.960. The van der Waals surface area contributed by atoms with Crippen molar-refractivity contribution >= 4 is 5.69 Å². The summed E-state index contributed by atoms with van der Waals surface area (Å²) in [6.45, 7) is 2.94. The number of hydrogen-bond donors (Lipinski definition) is 1. The Kier molecular flexibility index (Phi) is 3.96. The van der Waals surface area contributed by atoms with Crippen LogP contribution in [0.25, 0.3) is 5.69 Å². The second-order valence-electron chi connectivity index (χ2n) is 4.94. The molecule has 0 bridgehead atoms. The van der Waals surface area contributed by atoms with E-state index in [1.54, 1.807) is 6.33 Å². The zero-order chi connectivity index (χ0) is 14.5. The van der Waals surface area contributed by atoms with E-state index in [1.807, 2.05) is 34.9 Å². The number of benzene rings is 2. The van der Waals surface area contributed by atoms with Crippen LogP contribution in [0.2, 0.25) is 0 Å². The van der Waals surface area contributed by atoms with Gasteiger partial charge in [0.25, 0.3) is 0 Å². The first-order valence-corrected chi connectivity index (χ1v) is 7.08. The minimum atomic E-state index is 0.823. The molecule has 0 saturated heterocycles. The molecule has 0 saturated carbocycles. The molecule has 1 N–H and O–H groups in total. The van der Waals surface area contributed by atoms with E-state index in [9.17, 15) is 0 Å². The molecule has 4 heteroatoms. The lowest BCUT2D eigenvalue weighted by molar-refractivity contribution is 0.850. The molecule has 0 spiro atoms. The third-order valence-electron chi connectivity index (χ3n) is 3.46. The molecule has 0 radical (unpaired) electrons. The number of nitrogens with zero attached hydrogens (tertiary/aromatic N) is 3. The Hall–Kier alpha value is -2.62. The maximum Gasteiger partial charge on any atom is 0.139 e. The molecular weight excluding hydrogens is 260 g/mol. The smallest absolute Gasteiger partial charge is 0.139 e. The zero-order valence-electron chi connectivity index (χ0n) is 12.0. The van der Waals surface area contributed by atoms with Crippen LogP contribution in [0.3, 0.4) is 0 Å². The van der Waals surface area contributed by atoms with Gasteiger partial charge in [-0.15, -0.1) is 10.2 Å². The van der Waals surface area contributed by atoms with Crippen LogP contribution in [0.1, 0.15) is 11.4 Å². The predicted molar refractivity (Wildman–Crippen MR) is 84.7 cm³/mol. The molecule has 1 aromatic heterocycles. The monoisotopic (exact) mass is 278 g/mol. The standard InChI is InChI=1S/C17H18N4/c1-14-7-5-6-10-16(14)18-12-11-17-20-19-13-21(17)15-8-3-2-4-9-15/h2-10,13,18H,11-12H2,1H3. The Morgan fingerprint density at radius 1 is 1.00 bits per heavy atom. The molecule has 1 heterocycles. The Balaban J connectivity index is 1.67. The summed E-state index contributed by atoms with van der Waals surface area (Å²) in [5, 5.41) is 11.7. The summed E-state index contributed by atoms with van der Waals surface area (Å²) in [6, 6.07) is 18.5. The number of para-hydroxylation sites is 2. The van der Waals surface area contributed by atoms with Gasteiger partial charge in [-0.05, 0) is 30.7 Å². The first kappa shape index (κ1) is 13.4. The molecule has 21 heavy (non-hydrogen) atoms. The Morgan fingerprint density at radius 2 is 1.76 bits per heavy atom. The summed E-state index contributed by atoms with van der Waals surface area (Å²) < 4.78 is 2.03. The fraction of sp³-hybridized carbons (Fsp3) is 0.176. The van der Waals surface area contributed by atoms with Crippen molar-refractivity contribution in [2.45, 2.75) is 13.3 Å². The summed E-state index contributed by atoms with van der Waals surface area (Å²) in [7, 11) is 0. The lowest BCUT2D eigenvalue weighted by atomic mass is 10.2. The van der Waals surface area contributed by atoms with Crippen molar-refractivity contribution in [3.05, 3.63) is 72.3 Å². The number of aryl methyl sites for hydroxylation is 1. The summed E-state index contributed by atoms with van der Waals surface area (Å²) in [5.41, 5.74) is 3.51. The average Bonchev–Trinajstić information content (AvgIpc) is 2.99. The fourth-order valence-corrected chi connectivity index (χ4v) is 2.31. The maximum absolute atomic E-state index is 4.22. The van der Waals surface area contributed by atoms with Crippen LogP contribution < -0.4 is 5.32 Å². The van der Waals surface area contributed by atoms with Crippen molar-refractivity contribution in [2.24, 2.45) is 0 Å². The molecule has 3 rings (SSSR count). The van der Waals surface area contributed by atoms with E-state index in [0.29, 0.717) is 0 Å². The molecule has 0 aliphatic rings. The van der Waals surface area contributed by atoms with E-state index >= 15 is 0 Å². The van der Waals surface area contributed by atoms with Gasteiger partial charge in [0.05, 0.1) is 0 Å². The second-order valence-corrected chi connectivity index (χ2v) is 4.94. The van der Waals surface area contributed by atoms with E-state index in [1.165, 1.54) is 11.3 Å². The number of aromatic nitrogens is 3. The largest absolute Gasteiger partial charge is 0.384 e. The van der Waals surface area contributed by atoms with Gasteiger partial charge in [-0.2, -0.15) is 0 Å². The number of hydrogen-bond acceptors (Lipinski definition) is 3. The molecule has 106 valence electrons. The van der Waals surface area contributed by atoms with Gasteiger partial charge >= 0.3 is 0 Å². The highest BCUT2D eigenvalue weighted by molar-refractivity contribution is 5.50. The highest BCUT2D eigenvalue weighted by Gasteiger charge is 2.06. The molecule has 2 aromatic carbocycles. The van der Waals surface area contributed by atoms with Gasteiger partial charge in [0.15, 0.2) is 0 Å². The molecular formula is C17H18N4. The first-order valence-electron chi connectivity index (χ1n) is 7.08. The lowest BCUT2D eigenvalue weighted by Gasteiger charge is -2.10. The lowest BCUT2D eigenvalue weighted by Crippen LogP contribution is -2.10. The van der Waals surface area contributed by atoms with Crippen molar-refractivity contribution < 1.29 is 0 Å². The average molecular weight is 278 g/mol. The topological polar surface area (TPSA) is 42.7 Å². The molecule has 0 aliphatic heterocycles. The highest BCUT2D eigenvalue weighted by Crippen LogP contribution is 2.13. The molecule has 4 nitrogen and oxygen atoms in total. The van der Waals surface area contributed by atoms with Crippen molar-refractivity contribution in [3.63, 3.8) is 0 Å². The minimum Gasteiger partial charge on any atom is -0.384 e. The quantitative estimate of drug-likeness (QED) is 0.779. The van der Waals surface area contributed by atoms with Gasteiger partial charge in [0, 0.05) is 24.3 Å². The van der Waals surface area contributed by atoms with Crippen molar-refractivity contribution in [1.82, 2.24) is 14.8 Å². The van der Waals surface area contributed by atoms with Crippen LogP contribution in [0.5, 0.6) is 0 Å². The molecule has 0 aliphatic carbocycles. The number of anilines is 1. The molecule has 0 fully saturated rings. The van der Waals surface area contributed by atoms with Crippen LogP contribution in [0.15, 0.2) is 60.9 Å². The van der Waals surface area contributed by atoms with Gasteiger partial charge < -0.3 is 5.32 Å². The van der Waals surface area contributed by atoms with E-state index in [-0.39, 0.29) is 0 Å². The minimum absolute atomic E-state index is 0.823. The van der Waals surface area contributed by atoms with Crippen molar-refractivity contribution in [1.29, 1.82) is 0 Å². The highest BCUT2D eigenvalue weighted by atomic mass is 15.3. The summed E-state index contributed by atoms with van der Waals surface area (Å²) >= 11 is 0. The van der Waals surface area contributed by atoms with Gasteiger partial charge in [-0.1, -0.05) is 36.4 Å². The van der Waals surface area contributed by atoms with Crippen molar-refractivity contribution in [2.75, 3.05) is 11.9 Å². The molecule has 3 aromatic rings. The summed E-state index contributed by atoms with van der Waals surface area (Å²) in [4.78, 5) is 0. The third-order valence-corrected chi connectivity index (χ3v) is 3.46. The van der Waals surface area contributed by atoms with Gasteiger partial charge in [0.1, 0.15) is 12.2 Å². The van der Waals surface area contributed by atoms with Crippen LogP contribution >= 0.6 is 0 Å². The van der Waals surface area contributed by atoms with E-state index in [2.05, 4.69) is 46.7 Å². The van der Waals surface area contributed by atoms with Gasteiger partial charge in [-0.3, -0.25) is 4.57 Å². The fourth-order valence-electron chi connectivity index (χ4n) is 2.31. The van der Waals surface area contributed by atoms with Crippen LogP contribution in [0, 0.1) is 6.92 Å². The molecule has 0 amide bonds. The first-order chi connectivity index (χ1) is 10.3. The maximum atomic E-state index is 4.22. The van der Waals surface area contributed by atoms with Crippen LogP contribution in [-0.2, 0) is 6.42 Å². The Bertz CT molecular complexity index is 704. The number of nitrogens with one attached hydrogen (secondary N) is 1. The van der Waals surface area contributed by atoms with Crippen LogP contribution in [-0.4, -0.2) is 21.3 Å². The molecule has 0 unspecified atom stereocenters. The van der Waals surface area contributed by atoms with E-state index < -0.39 is 0 Å². The Labute approximate surface area is 124 Å². The molecule has 0 atom stereocenters. The number of rotatable bonds is 5. The Morgan fingerprint density at radius 3 is 2.57 bits per heavy atom. The van der Waals surface area contributed by atoms with Crippen LogP contribution in [0.4, 0.5) is 5.69 Å².